The van der Waals surface area contributed by atoms with Gasteiger partial charge < -0.3 is 10.4 Å². The summed E-state index contributed by atoms with van der Waals surface area (Å²) in [4.78, 5) is 1.34. The van der Waals surface area contributed by atoms with Gasteiger partial charge in [0.05, 0.1) is 6.10 Å². The topological polar surface area (TPSA) is 32.3 Å². The van der Waals surface area contributed by atoms with Crippen LogP contribution in [-0.2, 0) is 6.54 Å². The quantitative estimate of drug-likeness (QED) is 0.756. The Balaban J connectivity index is 1.82. The molecule has 2 N–H and O–H groups in total. The third kappa shape index (κ3) is 4.46. The Bertz CT molecular complexity index is 481. The van der Waals surface area contributed by atoms with Gasteiger partial charge in [0.1, 0.15) is 0 Å². The molecule has 1 atom stereocenters. The summed E-state index contributed by atoms with van der Waals surface area (Å²) >= 11 is 1.78. The molecule has 0 spiro atoms. The van der Waals surface area contributed by atoms with Crippen LogP contribution in [0.5, 0.6) is 0 Å². The maximum Gasteiger partial charge on any atom is 0.0549 e. The molecule has 0 aliphatic rings. The Morgan fingerprint density at radius 2 is 2.00 bits per heavy atom. The highest BCUT2D eigenvalue weighted by Gasteiger charge is 2.03. The van der Waals surface area contributed by atoms with Gasteiger partial charge >= 0.3 is 0 Å². The summed E-state index contributed by atoms with van der Waals surface area (Å²) in [6.07, 6.45) is 1.49. The molecule has 0 amide bonds. The largest absolute Gasteiger partial charge is 0.393 e. The predicted molar refractivity (Wildman–Crippen MR) is 82.4 cm³/mol. The Kier molecular flexibility index (Phi) is 5.58. The molecule has 0 aliphatic carbocycles. The van der Waals surface area contributed by atoms with Crippen molar-refractivity contribution in [3.63, 3.8) is 0 Å². The summed E-state index contributed by atoms with van der Waals surface area (Å²) < 4.78 is 0. The average molecular weight is 275 g/mol. The summed E-state index contributed by atoms with van der Waals surface area (Å²) in [6, 6.07) is 12.7. The lowest BCUT2D eigenvalue weighted by Crippen LogP contribution is -2.19. The number of rotatable bonds is 7. The molecule has 1 unspecified atom stereocenters. The molecule has 0 bridgehead atoms. The lowest BCUT2D eigenvalue weighted by atomic mass is 10.1. The van der Waals surface area contributed by atoms with E-state index in [1.807, 2.05) is 13.0 Å². The van der Waals surface area contributed by atoms with Gasteiger partial charge in [-0.2, -0.15) is 0 Å². The molecular formula is C16H21NOS. The zero-order valence-corrected chi connectivity index (χ0v) is 12.1. The number of thiophene rings is 1. The van der Waals surface area contributed by atoms with Crippen LogP contribution in [0.3, 0.4) is 0 Å². The van der Waals surface area contributed by atoms with Crippen molar-refractivity contribution in [3.05, 3.63) is 46.7 Å². The van der Waals surface area contributed by atoms with E-state index in [2.05, 4.69) is 41.0 Å². The minimum Gasteiger partial charge on any atom is -0.393 e. The molecule has 1 heterocycles. The fourth-order valence-electron chi connectivity index (χ4n) is 1.94. The highest BCUT2D eigenvalue weighted by molar-refractivity contribution is 7.10. The van der Waals surface area contributed by atoms with Crippen molar-refractivity contribution in [2.75, 3.05) is 6.54 Å². The summed E-state index contributed by atoms with van der Waals surface area (Å²) in [5.74, 6) is 0. The smallest absolute Gasteiger partial charge is 0.0549 e. The van der Waals surface area contributed by atoms with Crippen LogP contribution in [0.15, 0.2) is 41.8 Å². The van der Waals surface area contributed by atoms with Crippen LogP contribution in [0, 0.1) is 0 Å². The van der Waals surface area contributed by atoms with Crippen LogP contribution < -0.4 is 5.32 Å². The van der Waals surface area contributed by atoms with Crippen molar-refractivity contribution >= 4 is 11.3 Å². The van der Waals surface area contributed by atoms with Crippen molar-refractivity contribution in [1.82, 2.24) is 5.32 Å². The monoisotopic (exact) mass is 275 g/mol. The van der Waals surface area contributed by atoms with E-state index >= 15 is 0 Å². The molecule has 1 aromatic carbocycles. The van der Waals surface area contributed by atoms with Crippen LogP contribution in [0.25, 0.3) is 11.1 Å². The van der Waals surface area contributed by atoms with E-state index in [0.29, 0.717) is 0 Å². The molecular weight excluding hydrogens is 254 g/mol. The molecule has 2 rings (SSSR count). The first-order valence-electron chi connectivity index (χ1n) is 6.81. The second-order valence-corrected chi connectivity index (χ2v) is 5.69. The molecule has 0 aliphatic heterocycles. The van der Waals surface area contributed by atoms with Crippen LogP contribution in [-0.4, -0.2) is 17.8 Å². The molecule has 0 fully saturated rings. The molecule has 2 nitrogen and oxygen atoms in total. The maximum absolute atomic E-state index is 9.47. The highest BCUT2D eigenvalue weighted by Crippen LogP contribution is 2.25. The predicted octanol–water partition coefficient (Wildman–Crippen LogP) is 3.67. The highest BCUT2D eigenvalue weighted by atomic mass is 32.1. The fraction of sp³-hybridized carbons (Fsp3) is 0.375. The van der Waals surface area contributed by atoms with Gasteiger partial charge in [-0.3, -0.25) is 0 Å². The number of aliphatic hydroxyl groups is 1. The standard InChI is InChI=1S/C16H21NOS/c1-2-15(18)8-9-17-11-16-10-14(12-19-16)13-6-4-3-5-7-13/h3-7,10,12,15,17-18H,2,8-9,11H2,1H3. The zero-order valence-electron chi connectivity index (χ0n) is 11.3. The van der Waals surface area contributed by atoms with E-state index in [-0.39, 0.29) is 6.10 Å². The molecule has 3 heteroatoms. The van der Waals surface area contributed by atoms with Crippen LogP contribution >= 0.6 is 11.3 Å². The third-order valence-corrected chi connectivity index (χ3v) is 4.12. The molecule has 2 aromatic rings. The Morgan fingerprint density at radius 1 is 1.21 bits per heavy atom. The molecule has 1 aromatic heterocycles. The van der Waals surface area contributed by atoms with Gasteiger partial charge in [-0.1, -0.05) is 37.3 Å². The second-order valence-electron chi connectivity index (χ2n) is 4.70. The summed E-state index contributed by atoms with van der Waals surface area (Å²) in [7, 11) is 0. The van der Waals surface area contributed by atoms with Crippen LogP contribution in [0.4, 0.5) is 0 Å². The van der Waals surface area contributed by atoms with Gasteiger partial charge in [-0.25, -0.2) is 0 Å². The van der Waals surface area contributed by atoms with E-state index < -0.39 is 0 Å². The average Bonchev–Trinajstić information content (AvgIpc) is 2.93. The van der Waals surface area contributed by atoms with E-state index in [4.69, 9.17) is 0 Å². The van der Waals surface area contributed by atoms with E-state index in [9.17, 15) is 5.11 Å². The lowest BCUT2D eigenvalue weighted by Gasteiger charge is -2.07. The van der Waals surface area contributed by atoms with Gasteiger partial charge in [0.15, 0.2) is 0 Å². The van der Waals surface area contributed by atoms with E-state index in [1.165, 1.54) is 16.0 Å². The van der Waals surface area contributed by atoms with Crippen LogP contribution in [0.2, 0.25) is 0 Å². The van der Waals surface area contributed by atoms with Gasteiger partial charge in [-0.15, -0.1) is 11.3 Å². The summed E-state index contributed by atoms with van der Waals surface area (Å²) in [6.45, 7) is 3.76. The minimum absolute atomic E-state index is 0.171. The normalized spacial score (nSPS) is 12.5. The number of nitrogens with one attached hydrogen (secondary N) is 1. The van der Waals surface area contributed by atoms with Crippen molar-refractivity contribution in [1.29, 1.82) is 0 Å². The fourth-order valence-corrected chi connectivity index (χ4v) is 2.80. The number of benzene rings is 1. The molecule has 19 heavy (non-hydrogen) atoms. The van der Waals surface area contributed by atoms with Gasteiger partial charge in [0.2, 0.25) is 0 Å². The molecule has 0 saturated carbocycles. The van der Waals surface area contributed by atoms with Crippen molar-refractivity contribution in [2.24, 2.45) is 0 Å². The second kappa shape index (κ2) is 7.43. The van der Waals surface area contributed by atoms with E-state index in [1.54, 1.807) is 11.3 Å². The number of hydrogen-bond donors (Lipinski definition) is 2. The first kappa shape index (κ1) is 14.3. The van der Waals surface area contributed by atoms with Gasteiger partial charge in [-0.05, 0) is 42.0 Å². The Hall–Kier alpha value is -1.16. The number of aliphatic hydroxyl groups excluding tert-OH is 1. The molecule has 0 radical (unpaired) electrons. The lowest BCUT2D eigenvalue weighted by molar-refractivity contribution is 0.160. The molecule has 102 valence electrons. The maximum atomic E-state index is 9.47. The van der Waals surface area contributed by atoms with Crippen LogP contribution in [0.1, 0.15) is 24.6 Å². The van der Waals surface area contributed by atoms with Gasteiger partial charge in [0.25, 0.3) is 0 Å². The van der Waals surface area contributed by atoms with Crippen molar-refractivity contribution in [3.8, 4) is 11.1 Å². The van der Waals surface area contributed by atoms with Crippen molar-refractivity contribution in [2.45, 2.75) is 32.4 Å². The number of hydrogen-bond acceptors (Lipinski definition) is 3. The first-order chi connectivity index (χ1) is 9.29. The minimum atomic E-state index is -0.171. The first-order valence-corrected chi connectivity index (χ1v) is 7.69. The molecule has 0 saturated heterocycles. The third-order valence-electron chi connectivity index (χ3n) is 3.19. The zero-order chi connectivity index (χ0) is 13.5. The Morgan fingerprint density at radius 3 is 2.74 bits per heavy atom. The van der Waals surface area contributed by atoms with Gasteiger partial charge in [0, 0.05) is 11.4 Å². The SMILES string of the molecule is CCC(O)CCNCc1cc(-c2ccccc2)cs1. The van der Waals surface area contributed by atoms with E-state index in [0.717, 1.165) is 25.9 Å². The summed E-state index contributed by atoms with van der Waals surface area (Å²) in [5, 5.41) is 15.1. The summed E-state index contributed by atoms with van der Waals surface area (Å²) in [5.41, 5.74) is 2.56. The Labute approximate surface area is 119 Å². The van der Waals surface area contributed by atoms with Crippen molar-refractivity contribution < 1.29 is 5.11 Å².